The number of rotatable bonds is 4. The Labute approximate surface area is 104 Å². The Bertz CT molecular complexity index is 328. The zero-order chi connectivity index (χ0) is 11.4. The zero-order valence-electron chi connectivity index (χ0n) is 8.58. The summed E-state index contributed by atoms with van der Waals surface area (Å²) < 4.78 is 0.867. The largest absolute Gasteiger partial charge is 0.388 e. The van der Waals surface area contributed by atoms with Gasteiger partial charge in [-0.2, -0.15) is 0 Å². The monoisotopic (exact) mass is 291 g/mol. The number of nitrogens with two attached hydrogens (primary N) is 1. The third kappa shape index (κ3) is 3.18. The van der Waals surface area contributed by atoms with Crippen LogP contribution in [0.4, 0.5) is 0 Å². The maximum atomic E-state index is 10.1. The first-order valence-electron chi connectivity index (χ1n) is 4.93. The molecular weight excluding hydrogens is 277 g/mol. The molecule has 0 amide bonds. The Morgan fingerprint density at radius 2 is 2.20 bits per heavy atom. The van der Waals surface area contributed by atoms with Crippen LogP contribution in [0.5, 0.6) is 0 Å². The average Bonchev–Trinajstić information content (AvgIpc) is 2.23. The standard InChI is InChI=1S/C11H15BrClNO/c1-2-7(6-14)11(15)9-5-8(13)3-4-10(9)12/h3-5,7,11,15H,2,6,14H2,1H3. The van der Waals surface area contributed by atoms with Gasteiger partial charge in [-0.25, -0.2) is 0 Å². The lowest BCUT2D eigenvalue weighted by atomic mass is 9.94. The average molecular weight is 293 g/mol. The molecule has 0 spiro atoms. The molecule has 1 aromatic carbocycles. The highest BCUT2D eigenvalue weighted by Gasteiger charge is 2.20. The summed E-state index contributed by atoms with van der Waals surface area (Å²) in [4.78, 5) is 0. The van der Waals surface area contributed by atoms with E-state index in [9.17, 15) is 5.11 Å². The molecule has 1 rings (SSSR count). The first-order chi connectivity index (χ1) is 7.10. The van der Waals surface area contributed by atoms with Crippen molar-refractivity contribution in [2.45, 2.75) is 19.4 Å². The van der Waals surface area contributed by atoms with Crippen LogP contribution in [0.3, 0.4) is 0 Å². The fourth-order valence-corrected chi connectivity index (χ4v) is 2.18. The second-order valence-electron chi connectivity index (χ2n) is 3.51. The lowest BCUT2D eigenvalue weighted by Gasteiger charge is -2.21. The maximum Gasteiger partial charge on any atom is 0.0841 e. The van der Waals surface area contributed by atoms with Crippen molar-refractivity contribution < 1.29 is 5.11 Å². The van der Waals surface area contributed by atoms with Crippen LogP contribution in [0.15, 0.2) is 22.7 Å². The summed E-state index contributed by atoms with van der Waals surface area (Å²) in [6.45, 7) is 2.48. The van der Waals surface area contributed by atoms with Crippen LogP contribution in [0.1, 0.15) is 25.0 Å². The quantitative estimate of drug-likeness (QED) is 0.895. The van der Waals surface area contributed by atoms with Crippen LogP contribution in [0, 0.1) is 5.92 Å². The van der Waals surface area contributed by atoms with E-state index in [1.54, 1.807) is 12.1 Å². The summed E-state index contributed by atoms with van der Waals surface area (Å²) in [5.41, 5.74) is 6.41. The smallest absolute Gasteiger partial charge is 0.0841 e. The molecule has 4 heteroatoms. The number of aliphatic hydroxyl groups is 1. The maximum absolute atomic E-state index is 10.1. The molecule has 0 bridgehead atoms. The fourth-order valence-electron chi connectivity index (χ4n) is 1.51. The van der Waals surface area contributed by atoms with E-state index < -0.39 is 6.10 Å². The van der Waals surface area contributed by atoms with E-state index in [4.69, 9.17) is 17.3 Å². The van der Waals surface area contributed by atoms with Gasteiger partial charge in [0.1, 0.15) is 0 Å². The van der Waals surface area contributed by atoms with E-state index in [2.05, 4.69) is 15.9 Å². The van der Waals surface area contributed by atoms with Gasteiger partial charge in [0.2, 0.25) is 0 Å². The number of hydrogen-bond acceptors (Lipinski definition) is 2. The SMILES string of the molecule is CCC(CN)C(O)c1cc(Cl)ccc1Br. The molecule has 2 unspecified atom stereocenters. The van der Waals surface area contributed by atoms with Crippen molar-refractivity contribution >= 4 is 27.5 Å². The van der Waals surface area contributed by atoms with Gasteiger partial charge in [-0.15, -0.1) is 0 Å². The van der Waals surface area contributed by atoms with Crippen LogP contribution in [0.2, 0.25) is 5.02 Å². The second-order valence-corrected chi connectivity index (χ2v) is 4.81. The fraction of sp³-hybridized carbons (Fsp3) is 0.455. The number of aliphatic hydroxyl groups excluding tert-OH is 1. The number of hydrogen-bond donors (Lipinski definition) is 2. The van der Waals surface area contributed by atoms with Gasteiger partial charge in [-0.1, -0.05) is 34.5 Å². The summed E-state index contributed by atoms with van der Waals surface area (Å²) in [5.74, 6) is 0.0692. The van der Waals surface area contributed by atoms with Crippen molar-refractivity contribution in [3.63, 3.8) is 0 Å². The summed E-state index contributed by atoms with van der Waals surface area (Å²) in [7, 11) is 0. The van der Waals surface area contributed by atoms with Crippen LogP contribution in [-0.2, 0) is 0 Å². The van der Waals surface area contributed by atoms with E-state index >= 15 is 0 Å². The van der Waals surface area contributed by atoms with Crippen LogP contribution in [-0.4, -0.2) is 11.7 Å². The van der Waals surface area contributed by atoms with Crippen molar-refractivity contribution in [2.24, 2.45) is 11.7 Å². The summed E-state index contributed by atoms with van der Waals surface area (Å²) in [6, 6.07) is 5.39. The van der Waals surface area contributed by atoms with Gasteiger partial charge in [0, 0.05) is 15.4 Å². The minimum absolute atomic E-state index is 0.0692. The van der Waals surface area contributed by atoms with Gasteiger partial charge >= 0.3 is 0 Å². The molecule has 0 aliphatic rings. The minimum Gasteiger partial charge on any atom is -0.388 e. The molecule has 1 aromatic rings. The summed E-state index contributed by atoms with van der Waals surface area (Å²) in [6.07, 6.45) is 0.282. The third-order valence-corrected chi connectivity index (χ3v) is 3.51. The van der Waals surface area contributed by atoms with Crippen molar-refractivity contribution in [3.8, 4) is 0 Å². The molecular formula is C11H15BrClNO. The lowest BCUT2D eigenvalue weighted by molar-refractivity contribution is 0.109. The van der Waals surface area contributed by atoms with Gasteiger partial charge in [-0.05, 0) is 36.7 Å². The zero-order valence-corrected chi connectivity index (χ0v) is 10.9. The predicted octanol–water partition coefficient (Wildman–Crippen LogP) is 3.12. The highest BCUT2D eigenvalue weighted by molar-refractivity contribution is 9.10. The Hall–Kier alpha value is -0.0900. The Morgan fingerprint density at radius 3 is 2.73 bits per heavy atom. The molecule has 15 heavy (non-hydrogen) atoms. The Balaban J connectivity index is 2.98. The summed E-state index contributed by atoms with van der Waals surface area (Å²) in [5, 5.41) is 10.7. The van der Waals surface area contributed by atoms with E-state index in [1.165, 1.54) is 0 Å². The van der Waals surface area contributed by atoms with Crippen molar-refractivity contribution in [2.75, 3.05) is 6.54 Å². The van der Waals surface area contributed by atoms with Crippen molar-refractivity contribution in [3.05, 3.63) is 33.3 Å². The van der Waals surface area contributed by atoms with Gasteiger partial charge < -0.3 is 10.8 Å². The molecule has 2 nitrogen and oxygen atoms in total. The first-order valence-corrected chi connectivity index (χ1v) is 6.10. The second kappa shape index (κ2) is 5.85. The highest BCUT2D eigenvalue weighted by atomic mass is 79.9. The Morgan fingerprint density at radius 1 is 1.53 bits per heavy atom. The Kier molecular flexibility index (Phi) is 5.06. The van der Waals surface area contributed by atoms with E-state index in [-0.39, 0.29) is 5.92 Å². The highest BCUT2D eigenvalue weighted by Crippen LogP contribution is 2.31. The minimum atomic E-state index is -0.562. The van der Waals surface area contributed by atoms with Gasteiger partial charge in [0.05, 0.1) is 6.10 Å². The van der Waals surface area contributed by atoms with E-state index in [1.807, 2.05) is 13.0 Å². The molecule has 0 aliphatic carbocycles. The van der Waals surface area contributed by atoms with Crippen molar-refractivity contribution in [1.29, 1.82) is 0 Å². The predicted molar refractivity (Wildman–Crippen MR) is 66.9 cm³/mol. The van der Waals surface area contributed by atoms with Gasteiger partial charge in [0.15, 0.2) is 0 Å². The number of benzene rings is 1. The van der Waals surface area contributed by atoms with E-state index in [0.29, 0.717) is 11.6 Å². The van der Waals surface area contributed by atoms with Gasteiger partial charge in [0.25, 0.3) is 0 Å². The normalized spacial score (nSPS) is 15.0. The van der Waals surface area contributed by atoms with Crippen LogP contribution >= 0.6 is 27.5 Å². The summed E-state index contributed by atoms with van der Waals surface area (Å²) >= 11 is 9.29. The molecule has 0 fully saturated rings. The molecule has 0 radical (unpaired) electrons. The molecule has 0 aliphatic heterocycles. The molecule has 2 atom stereocenters. The van der Waals surface area contributed by atoms with Gasteiger partial charge in [-0.3, -0.25) is 0 Å². The molecule has 3 N–H and O–H groups in total. The third-order valence-electron chi connectivity index (χ3n) is 2.55. The first kappa shape index (κ1) is 13.0. The molecule has 0 aromatic heterocycles. The van der Waals surface area contributed by atoms with Crippen LogP contribution < -0.4 is 5.73 Å². The lowest BCUT2D eigenvalue weighted by Crippen LogP contribution is -2.21. The van der Waals surface area contributed by atoms with Crippen LogP contribution in [0.25, 0.3) is 0 Å². The molecule has 84 valence electrons. The topological polar surface area (TPSA) is 46.2 Å². The molecule has 0 saturated heterocycles. The number of halogens is 2. The molecule has 0 saturated carbocycles. The van der Waals surface area contributed by atoms with E-state index in [0.717, 1.165) is 16.5 Å². The van der Waals surface area contributed by atoms with Crippen molar-refractivity contribution in [1.82, 2.24) is 0 Å². The molecule has 0 heterocycles.